The van der Waals surface area contributed by atoms with Gasteiger partial charge in [0.05, 0.1) is 5.56 Å². The fraction of sp³-hybridized carbons (Fsp3) is 0.188. The lowest BCUT2D eigenvalue weighted by Crippen LogP contribution is -2.07. The number of rotatable bonds is 4. The highest BCUT2D eigenvalue weighted by Crippen LogP contribution is 2.26. The molecule has 2 aromatic carbocycles. The summed E-state index contributed by atoms with van der Waals surface area (Å²) in [6.45, 7) is 4.16. The van der Waals surface area contributed by atoms with E-state index >= 15 is 0 Å². The molecule has 0 saturated heterocycles. The zero-order valence-corrected chi connectivity index (χ0v) is 13.3. The Morgan fingerprint density at radius 2 is 1.86 bits per heavy atom. The fourth-order valence-corrected chi connectivity index (χ4v) is 2.90. The molecule has 0 amide bonds. The number of carboxylic acids is 1. The van der Waals surface area contributed by atoms with Gasteiger partial charge in [0.15, 0.2) is 0 Å². The van der Waals surface area contributed by atoms with Crippen molar-refractivity contribution in [1.29, 1.82) is 0 Å². The first-order chi connectivity index (χ1) is 9.88. The van der Waals surface area contributed by atoms with Crippen molar-refractivity contribution in [3.63, 3.8) is 0 Å². The summed E-state index contributed by atoms with van der Waals surface area (Å²) in [4.78, 5) is 10.9. The van der Waals surface area contributed by atoms with Crippen molar-refractivity contribution in [3.8, 4) is 0 Å². The van der Waals surface area contributed by atoms with Crippen molar-refractivity contribution in [2.75, 3.05) is 5.32 Å². The molecule has 2 aromatic rings. The van der Waals surface area contributed by atoms with Crippen molar-refractivity contribution in [2.24, 2.45) is 0 Å². The quantitative estimate of drug-likeness (QED) is 0.851. The molecular weight excluding hydrogens is 337 g/mol. The van der Waals surface area contributed by atoms with Crippen LogP contribution in [0.1, 0.15) is 27.0 Å². The Morgan fingerprint density at radius 1 is 1.24 bits per heavy atom. The van der Waals surface area contributed by atoms with Crippen LogP contribution in [0.2, 0.25) is 0 Å². The fourth-order valence-electron chi connectivity index (χ4n) is 2.22. The van der Waals surface area contributed by atoms with Crippen LogP contribution in [0.5, 0.6) is 0 Å². The van der Waals surface area contributed by atoms with Gasteiger partial charge in [-0.1, -0.05) is 15.9 Å². The molecule has 0 atom stereocenters. The third kappa shape index (κ3) is 3.61. The van der Waals surface area contributed by atoms with Crippen molar-refractivity contribution in [2.45, 2.75) is 20.4 Å². The summed E-state index contributed by atoms with van der Waals surface area (Å²) in [5.74, 6) is -1.48. The average Bonchev–Trinajstić information content (AvgIpc) is 2.39. The maximum absolute atomic E-state index is 13.8. The summed E-state index contributed by atoms with van der Waals surface area (Å²) in [7, 11) is 0. The highest BCUT2D eigenvalue weighted by atomic mass is 79.9. The molecule has 0 radical (unpaired) electrons. The zero-order chi connectivity index (χ0) is 15.6. The summed E-state index contributed by atoms with van der Waals surface area (Å²) in [6.07, 6.45) is 0. The Morgan fingerprint density at radius 3 is 2.43 bits per heavy atom. The minimum absolute atomic E-state index is 0.0810. The van der Waals surface area contributed by atoms with Crippen LogP contribution in [-0.4, -0.2) is 11.1 Å². The molecule has 5 heteroatoms. The molecule has 0 aliphatic heterocycles. The molecule has 0 saturated carbocycles. The van der Waals surface area contributed by atoms with Crippen LogP contribution in [-0.2, 0) is 6.54 Å². The van der Waals surface area contributed by atoms with Gasteiger partial charge < -0.3 is 10.4 Å². The first-order valence-corrected chi connectivity index (χ1v) is 7.20. The molecule has 0 heterocycles. The number of halogens is 2. The van der Waals surface area contributed by atoms with Crippen LogP contribution in [0.3, 0.4) is 0 Å². The number of aromatic carboxylic acids is 1. The number of hydrogen-bond donors (Lipinski definition) is 2. The van der Waals surface area contributed by atoms with Gasteiger partial charge in [-0.2, -0.15) is 0 Å². The van der Waals surface area contributed by atoms with E-state index in [0.29, 0.717) is 5.56 Å². The number of benzene rings is 2. The van der Waals surface area contributed by atoms with E-state index in [0.717, 1.165) is 21.3 Å². The molecule has 0 bridgehead atoms. The van der Waals surface area contributed by atoms with Gasteiger partial charge in [-0.25, -0.2) is 9.18 Å². The van der Waals surface area contributed by atoms with Crippen LogP contribution in [0.15, 0.2) is 34.8 Å². The monoisotopic (exact) mass is 351 g/mol. The van der Waals surface area contributed by atoms with Gasteiger partial charge in [-0.3, -0.25) is 0 Å². The smallest absolute Gasteiger partial charge is 0.335 e. The van der Waals surface area contributed by atoms with Gasteiger partial charge in [0.2, 0.25) is 0 Å². The molecule has 3 nitrogen and oxygen atoms in total. The largest absolute Gasteiger partial charge is 0.478 e. The summed E-state index contributed by atoms with van der Waals surface area (Å²) >= 11 is 3.43. The first kappa shape index (κ1) is 15.5. The lowest BCUT2D eigenvalue weighted by Gasteiger charge is -2.14. The van der Waals surface area contributed by atoms with E-state index in [1.807, 2.05) is 26.0 Å². The van der Waals surface area contributed by atoms with Crippen molar-refractivity contribution in [3.05, 3.63) is 62.9 Å². The number of aryl methyl sites for hydroxylation is 2. The lowest BCUT2D eigenvalue weighted by atomic mass is 10.1. The standard InChI is InChI=1S/C16H15BrFNO2/c1-9-5-13(17)6-10(2)15(9)19-8-12-7-11(16(20)21)3-4-14(12)18/h3-7,19H,8H2,1-2H3,(H,20,21). The van der Waals surface area contributed by atoms with Gasteiger partial charge in [-0.15, -0.1) is 0 Å². The van der Waals surface area contributed by atoms with Crippen molar-refractivity contribution >= 4 is 27.6 Å². The van der Waals surface area contributed by atoms with E-state index in [1.165, 1.54) is 18.2 Å². The highest BCUT2D eigenvalue weighted by Gasteiger charge is 2.10. The Balaban J connectivity index is 2.24. The first-order valence-electron chi connectivity index (χ1n) is 6.41. The molecule has 0 aliphatic rings. The number of nitrogens with one attached hydrogen (secondary N) is 1. The Kier molecular flexibility index (Phi) is 4.63. The van der Waals surface area contributed by atoms with Crippen LogP contribution in [0, 0.1) is 19.7 Å². The maximum Gasteiger partial charge on any atom is 0.335 e. The Hall–Kier alpha value is -1.88. The topological polar surface area (TPSA) is 49.3 Å². The average molecular weight is 352 g/mol. The molecule has 0 aromatic heterocycles. The van der Waals surface area contributed by atoms with Crippen LogP contribution in [0.25, 0.3) is 0 Å². The second-order valence-corrected chi connectivity index (χ2v) is 5.80. The van der Waals surface area contributed by atoms with E-state index in [9.17, 15) is 9.18 Å². The summed E-state index contributed by atoms with van der Waals surface area (Å²) < 4.78 is 14.7. The SMILES string of the molecule is Cc1cc(Br)cc(C)c1NCc1cc(C(=O)O)ccc1F. The van der Waals surface area contributed by atoms with Gasteiger partial charge >= 0.3 is 5.97 Å². The molecule has 2 N–H and O–H groups in total. The summed E-state index contributed by atoms with van der Waals surface area (Å²) in [5, 5.41) is 12.1. The molecule has 2 rings (SSSR count). The minimum atomic E-state index is -1.06. The zero-order valence-electron chi connectivity index (χ0n) is 11.7. The molecule has 0 unspecified atom stereocenters. The van der Waals surface area contributed by atoms with E-state index in [1.54, 1.807) is 0 Å². The van der Waals surface area contributed by atoms with Crippen LogP contribution >= 0.6 is 15.9 Å². The molecule has 0 spiro atoms. The molecule has 110 valence electrons. The Labute approximate surface area is 130 Å². The van der Waals surface area contributed by atoms with Gasteiger partial charge in [0.1, 0.15) is 5.82 Å². The lowest BCUT2D eigenvalue weighted by molar-refractivity contribution is 0.0696. The van der Waals surface area contributed by atoms with Gasteiger partial charge in [0, 0.05) is 22.3 Å². The predicted octanol–water partition coefficient (Wildman–Crippen LogP) is 4.52. The Bertz CT molecular complexity index is 678. The van der Waals surface area contributed by atoms with Crippen molar-refractivity contribution in [1.82, 2.24) is 0 Å². The van der Waals surface area contributed by atoms with Crippen LogP contribution < -0.4 is 5.32 Å². The van der Waals surface area contributed by atoms with Crippen LogP contribution in [0.4, 0.5) is 10.1 Å². The molecule has 0 aliphatic carbocycles. The van der Waals surface area contributed by atoms with Gasteiger partial charge in [-0.05, 0) is 55.3 Å². The number of anilines is 1. The highest BCUT2D eigenvalue weighted by molar-refractivity contribution is 9.10. The number of hydrogen-bond acceptors (Lipinski definition) is 2. The molecule has 21 heavy (non-hydrogen) atoms. The minimum Gasteiger partial charge on any atom is -0.478 e. The number of carboxylic acid groups (broad SMARTS) is 1. The van der Waals surface area contributed by atoms with E-state index in [4.69, 9.17) is 5.11 Å². The summed E-state index contributed by atoms with van der Waals surface area (Å²) in [6, 6.07) is 7.74. The molecular formula is C16H15BrFNO2. The van der Waals surface area contributed by atoms with E-state index in [-0.39, 0.29) is 12.1 Å². The molecule has 0 fully saturated rings. The van der Waals surface area contributed by atoms with Crippen molar-refractivity contribution < 1.29 is 14.3 Å². The normalized spacial score (nSPS) is 10.5. The summed E-state index contributed by atoms with van der Waals surface area (Å²) in [5.41, 5.74) is 3.42. The third-order valence-electron chi connectivity index (χ3n) is 3.25. The van der Waals surface area contributed by atoms with E-state index < -0.39 is 11.8 Å². The predicted molar refractivity (Wildman–Crippen MR) is 84.3 cm³/mol. The van der Waals surface area contributed by atoms with E-state index in [2.05, 4.69) is 21.2 Å². The third-order valence-corrected chi connectivity index (χ3v) is 3.70. The second kappa shape index (κ2) is 6.26. The maximum atomic E-state index is 13.8. The second-order valence-electron chi connectivity index (χ2n) is 4.88. The van der Waals surface area contributed by atoms with Gasteiger partial charge in [0.25, 0.3) is 0 Å². The number of carbonyl (C=O) groups is 1.